The van der Waals surface area contributed by atoms with Crippen LogP contribution in [0.3, 0.4) is 0 Å². The van der Waals surface area contributed by atoms with E-state index in [1.54, 1.807) is 11.1 Å². The summed E-state index contributed by atoms with van der Waals surface area (Å²) in [7, 11) is -1.55. The second kappa shape index (κ2) is 7.43. The van der Waals surface area contributed by atoms with Gasteiger partial charge in [-0.2, -0.15) is 0 Å². The van der Waals surface area contributed by atoms with E-state index in [1.807, 2.05) is 0 Å². The summed E-state index contributed by atoms with van der Waals surface area (Å²) in [4.78, 5) is 0. The van der Waals surface area contributed by atoms with Gasteiger partial charge in [0.25, 0.3) is 0 Å². The largest absolute Gasteiger partial charge is 0.0800 e. The van der Waals surface area contributed by atoms with Gasteiger partial charge in [0.05, 0.1) is 8.07 Å². The zero-order valence-corrected chi connectivity index (χ0v) is 19.4. The van der Waals surface area contributed by atoms with Gasteiger partial charge in [-0.05, 0) is 67.0 Å². The normalized spacial score (nSPS) is 22.3. The van der Waals surface area contributed by atoms with E-state index in [1.165, 1.54) is 22.3 Å². The lowest BCUT2D eigenvalue weighted by molar-refractivity contribution is 0.563. The Hall–Kier alpha value is -1.60. The maximum Gasteiger partial charge on any atom is 0.0706 e. The van der Waals surface area contributed by atoms with Crippen LogP contribution in [0.1, 0.15) is 53.0 Å². The molecule has 0 nitrogen and oxygen atoms in total. The number of hydrogen-bond acceptors (Lipinski definition) is 0. The summed E-state index contributed by atoms with van der Waals surface area (Å²) in [6.07, 6.45) is 7.57. The van der Waals surface area contributed by atoms with Crippen LogP contribution in [0, 0.1) is 5.92 Å². The molecule has 0 fully saturated rings. The Bertz CT molecular complexity index is 806. The summed E-state index contributed by atoms with van der Waals surface area (Å²) >= 11 is 0. The maximum atomic E-state index is 2.62. The minimum Gasteiger partial charge on any atom is -0.0800 e. The molecule has 0 spiro atoms. The standard InChI is InChI=1S/C26H36Si/c1-17(2)25(22-12-10-9-11-13-22)23-14-15-24(16-23)27(7,8)26-20(5)18(3)19(4)21(26)6/h9-17,24-26H,1-8H3. The number of benzene rings is 1. The quantitative estimate of drug-likeness (QED) is 0.456. The Labute approximate surface area is 167 Å². The van der Waals surface area contributed by atoms with Gasteiger partial charge < -0.3 is 0 Å². The Balaban J connectivity index is 1.94. The van der Waals surface area contributed by atoms with Crippen LogP contribution in [0.15, 0.2) is 76.4 Å². The van der Waals surface area contributed by atoms with E-state index in [9.17, 15) is 0 Å². The highest BCUT2D eigenvalue weighted by atomic mass is 28.3. The second-order valence-electron chi connectivity index (χ2n) is 9.55. The Morgan fingerprint density at radius 2 is 1.41 bits per heavy atom. The first-order valence-corrected chi connectivity index (χ1v) is 13.6. The molecule has 3 rings (SSSR count). The van der Waals surface area contributed by atoms with Gasteiger partial charge in [0.2, 0.25) is 0 Å². The van der Waals surface area contributed by atoms with Crippen molar-refractivity contribution in [3.05, 3.63) is 82.0 Å². The maximum absolute atomic E-state index is 2.62. The number of hydrogen-bond donors (Lipinski definition) is 0. The average Bonchev–Trinajstić information content (AvgIpc) is 3.17. The van der Waals surface area contributed by atoms with Crippen molar-refractivity contribution in [2.75, 3.05) is 0 Å². The molecular formula is C26H36Si. The van der Waals surface area contributed by atoms with E-state index >= 15 is 0 Å². The van der Waals surface area contributed by atoms with Gasteiger partial charge in [0.15, 0.2) is 0 Å². The molecule has 0 N–H and O–H groups in total. The molecule has 1 aromatic rings. The first-order chi connectivity index (χ1) is 12.7. The van der Waals surface area contributed by atoms with Crippen LogP contribution in [0.5, 0.6) is 0 Å². The van der Waals surface area contributed by atoms with Gasteiger partial charge in [-0.25, -0.2) is 0 Å². The molecule has 144 valence electrons. The van der Waals surface area contributed by atoms with Crippen molar-refractivity contribution >= 4 is 8.07 Å². The Morgan fingerprint density at radius 3 is 1.93 bits per heavy atom. The first-order valence-electron chi connectivity index (χ1n) is 10.5. The molecular weight excluding hydrogens is 340 g/mol. The van der Waals surface area contributed by atoms with E-state index in [2.05, 4.69) is 103 Å². The number of rotatable bonds is 5. The molecule has 0 heterocycles. The van der Waals surface area contributed by atoms with E-state index in [0.717, 1.165) is 0 Å². The van der Waals surface area contributed by atoms with Gasteiger partial charge >= 0.3 is 0 Å². The van der Waals surface area contributed by atoms with Crippen molar-refractivity contribution in [2.24, 2.45) is 5.92 Å². The van der Waals surface area contributed by atoms with Crippen molar-refractivity contribution in [3.63, 3.8) is 0 Å². The fraction of sp³-hybridized carbons (Fsp3) is 0.462. The zero-order chi connectivity index (χ0) is 19.9. The van der Waals surface area contributed by atoms with Crippen LogP contribution in [0.4, 0.5) is 0 Å². The molecule has 2 aliphatic rings. The molecule has 27 heavy (non-hydrogen) atoms. The molecule has 0 saturated heterocycles. The van der Waals surface area contributed by atoms with Crippen molar-refractivity contribution in [2.45, 2.75) is 71.6 Å². The topological polar surface area (TPSA) is 0 Å². The third-order valence-corrected chi connectivity index (χ3v) is 11.7. The lowest BCUT2D eigenvalue weighted by atomic mass is 9.83. The molecule has 1 aromatic carbocycles. The minimum absolute atomic E-state index is 0.498. The van der Waals surface area contributed by atoms with E-state index in [0.29, 0.717) is 22.9 Å². The van der Waals surface area contributed by atoms with Crippen molar-refractivity contribution in [3.8, 4) is 0 Å². The highest BCUT2D eigenvalue weighted by Gasteiger charge is 2.43. The summed E-state index contributed by atoms with van der Waals surface area (Å²) < 4.78 is 0. The molecule has 0 saturated carbocycles. The summed E-state index contributed by atoms with van der Waals surface area (Å²) in [5, 5.41) is 0. The molecule has 2 atom stereocenters. The van der Waals surface area contributed by atoms with E-state index in [-0.39, 0.29) is 0 Å². The van der Waals surface area contributed by atoms with Gasteiger partial charge in [0.1, 0.15) is 0 Å². The lowest BCUT2D eigenvalue weighted by Crippen LogP contribution is -2.37. The minimum atomic E-state index is -1.55. The van der Waals surface area contributed by atoms with Crippen molar-refractivity contribution in [1.29, 1.82) is 0 Å². The predicted molar refractivity (Wildman–Crippen MR) is 123 cm³/mol. The second-order valence-corrected chi connectivity index (χ2v) is 14.4. The lowest BCUT2D eigenvalue weighted by Gasteiger charge is -2.36. The third-order valence-electron chi connectivity index (χ3n) is 7.27. The van der Waals surface area contributed by atoms with Gasteiger partial charge in [-0.3, -0.25) is 0 Å². The molecule has 2 aliphatic carbocycles. The molecule has 0 bridgehead atoms. The van der Waals surface area contributed by atoms with Crippen molar-refractivity contribution in [1.82, 2.24) is 0 Å². The van der Waals surface area contributed by atoms with Crippen LogP contribution in [0.2, 0.25) is 24.2 Å². The number of allylic oxidation sites excluding steroid dienone is 8. The van der Waals surface area contributed by atoms with Gasteiger partial charge in [0, 0.05) is 5.92 Å². The van der Waals surface area contributed by atoms with Crippen LogP contribution in [-0.2, 0) is 0 Å². The average molecular weight is 377 g/mol. The monoisotopic (exact) mass is 376 g/mol. The van der Waals surface area contributed by atoms with Gasteiger partial charge in [-0.1, -0.05) is 86.6 Å². The molecule has 2 unspecified atom stereocenters. The first kappa shape index (κ1) is 20.1. The highest BCUT2D eigenvalue weighted by Crippen LogP contribution is 2.52. The third kappa shape index (κ3) is 3.47. The zero-order valence-electron chi connectivity index (χ0n) is 18.4. The summed E-state index contributed by atoms with van der Waals surface area (Å²) in [6, 6.07) is 11.0. The molecule has 0 radical (unpaired) electrons. The van der Waals surface area contributed by atoms with Crippen LogP contribution in [-0.4, -0.2) is 8.07 Å². The molecule has 1 heteroatoms. The van der Waals surface area contributed by atoms with Crippen LogP contribution < -0.4 is 0 Å². The predicted octanol–water partition coefficient (Wildman–Crippen LogP) is 8.06. The van der Waals surface area contributed by atoms with E-state index in [4.69, 9.17) is 0 Å². The van der Waals surface area contributed by atoms with Gasteiger partial charge in [-0.15, -0.1) is 0 Å². The van der Waals surface area contributed by atoms with E-state index < -0.39 is 8.07 Å². The fourth-order valence-corrected chi connectivity index (χ4v) is 9.75. The Kier molecular flexibility index (Phi) is 5.54. The molecule has 0 aromatic heterocycles. The van der Waals surface area contributed by atoms with Crippen molar-refractivity contribution < 1.29 is 0 Å². The fourth-order valence-electron chi connectivity index (χ4n) is 5.48. The van der Waals surface area contributed by atoms with Crippen LogP contribution >= 0.6 is 0 Å². The SMILES string of the molecule is CC1=C(C)C([Si](C)(C)C2C=CC(C(c3ccccc3)C(C)C)=C2)C(C)=C1C. The molecule has 0 amide bonds. The highest BCUT2D eigenvalue weighted by molar-refractivity contribution is 6.82. The summed E-state index contributed by atoms with van der Waals surface area (Å²) in [5.41, 5.74) is 10.6. The summed E-state index contributed by atoms with van der Waals surface area (Å²) in [5.74, 6) is 1.10. The van der Waals surface area contributed by atoms with Crippen LogP contribution in [0.25, 0.3) is 0 Å². The summed E-state index contributed by atoms with van der Waals surface area (Å²) in [6.45, 7) is 19.3. The Morgan fingerprint density at radius 1 is 0.852 bits per heavy atom. The molecule has 0 aliphatic heterocycles. The smallest absolute Gasteiger partial charge is 0.0706 e.